The number of hydrogen-bond donors (Lipinski definition) is 2. The first-order chi connectivity index (χ1) is 9.24. The van der Waals surface area contributed by atoms with E-state index in [1.165, 1.54) is 0 Å². The van der Waals surface area contributed by atoms with Gasteiger partial charge in [-0.3, -0.25) is 0 Å². The van der Waals surface area contributed by atoms with E-state index in [1.807, 2.05) is 0 Å². The van der Waals surface area contributed by atoms with Gasteiger partial charge in [0.1, 0.15) is 6.61 Å². The van der Waals surface area contributed by atoms with Crippen LogP contribution < -0.4 is 4.84 Å². The van der Waals surface area contributed by atoms with Gasteiger partial charge in [-0.1, -0.05) is 28.1 Å². The number of hydrogen-bond acceptors (Lipinski definition) is 4. The Kier molecular flexibility index (Phi) is 3.45. The van der Waals surface area contributed by atoms with Crippen molar-refractivity contribution in [1.82, 2.24) is 4.73 Å². The van der Waals surface area contributed by atoms with Gasteiger partial charge in [-0.05, 0) is 6.42 Å². The van der Waals surface area contributed by atoms with E-state index in [9.17, 15) is 10.2 Å². The van der Waals surface area contributed by atoms with Crippen LogP contribution in [-0.2, 0) is 4.74 Å². The molecule has 0 fully saturated rings. The lowest BCUT2D eigenvalue weighted by atomic mass is 10.0. The molecule has 0 saturated carbocycles. The molecule has 1 aromatic rings. The summed E-state index contributed by atoms with van der Waals surface area (Å²) in [4.78, 5) is 5.38. The van der Waals surface area contributed by atoms with Gasteiger partial charge in [0.15, 0.2) is 0 Å². The normalized spacial score (nSPS) is 23.0. The number of aromatic nitrogens is 1. The smallest absolute Gasteiger partial charge is 0.233 e. The van der Waals surface area contributed by atoms with Gasteiger partial charge in [-0.2, -0.15) is 0 Å². The van der Waals surface area contributed by atoms with E-state index in [-0.39, 0.29) is 30.2 Å². The minimum absolute atomic E-state index is 0.0184. The van der Waals surface area contributed by atoms with Crippen molar-refractivity contribution in [1.29, 1.82) is 0 Å². The van der Waals surface area contributed by atoms with E-state index < -0.39 is 0 Å². The number of alkyl halides is 1. The summed E-state index contributed by atoms with van der Waals surface area (Å²) in [6, 6.07) is 0. The largest absolute Gasteiger partial charge is 0.492 e. The average Bonchev–Trinajstić information content (AvgIpc) is 3.06. The van der Waals surface area contributed by atoms with Crippen molar-refractivity contribution in [3.8, 4) is 11.8 Å². The lowest BCUT2D eigenvalue weighted by molar-refractivity contribution is 0.0263. The minimum atomic E-state index is 0.0184. The van der Waals surface area contributed by atoms with E-state index in [1.54, 1.807) is 0 Å². The standard InChI is InChI=1S/C13H16BrNO4/c14-3-4-18-5-6-19-15-12(16)10-8-1-2-9(7-8)11(10)13(15)17/h1-2,8-9,16-17H,3-7H2. The Bertz CT molecular complexity index is 476. The number of rotatable bonds is 6. The predicted octanol–water partition coefficient (Wildman–Crippen LogP) is 1.88. The van der Waals surface area contributed by atoms with Gasteiger partial charge in [-0.25, -0.2) is 0 Å². The van der Waals surface area contributed by atoms with Crippen LogP contribution in [0.5, 0.6) is 11.8 Å². The highest BCUT2D eigenvalue weighted by Gasteiger charge is 2.41. The summed E-state index contributed by atoms with van der Waals surface area (Å²) >= 11 is 3.26. The van der Waals surface area contributed by atoms with E-state index in [0.717, 1.165) is 27.6 Å². The van der Waals surface area contributed by atoms with Crippen LogP contribution in [0.25, 0.3) is 0 Å². The molecule has 2 bridgehead atoms. The van der Waals surface area contributed by atoms with E-state index >= 15 is 0 Å². The van der Waals surface area contributed by atoms with Crippen LogP contribution in [0.1, 0.15) is 29.4 Å². The molecular formula is C13H16BrNO4. The Hall–Kier alpha value is -1.14. The SMILES string of the molecule is Oc1c2c(c(O)n1OCCOCCBr)C1C=CC2C1. The Morgan fingerprint density at radius 1 is 1.11 bits per heavy atom. The molecule has 0 saturated heterocycles. The summed E-state index contributed by atoms with van der Waals surface area (Å²) in [5.74, 6) is 0.454. The van der Waals surface area contributed by atoms with Crippen molar-refractivity contribution in [2.24, 2.45) is 0 Å². The first-order valence-corrected chi connectivity index (χ1v) is 7.48. The fourth-order valence-electron chi connectivity index (χ4n) is 2.88. The molecule has 104 valence electrons. The summed E-state index contributed by atoms with van der Waals surface area (Å²) < 4.78 is 6.37. The molecular weight excluding hydrogens is 314 g/mol. The van der Waals surface area contributed by atoms with Crippen LogP contribution in [0, 0.1) is 0 Å². The highest BCUT2D eigenvalue weighted by atomic mass is 79.9. The van der Waals surface area contributed by atoms with Crippen LogP contribution in [0.2, 0.25) is 0 Å². The molecule has 5 nitrogen and oxygen atoms in total. The molecule has 6 heteroatoms. The summed E-state index contributed by atoms with van der Waals surface area (Å²) in [6.07, 6.45) is 5.10. The Morgan fingerprint density at radius 2 is 1.74 bits per heavy atom. The molecule has 0 aromatic carbocycles. The van der Waals surface area contributed by atoms with Gasteiger partial charge < -0.3 is 19.8 Å². The number of allylic oxidation sites excluding steroid dienone is 2. The molecule has 1 heterocycles. The van der Waals surface area contributed by atoms with Gasteiger partial charge in [-0.15, -0.1) is 4.73 Å². The summed E-state index contributed by atoms with van der Waals surface area (Å²) in [5, 5.41) is 21.1. The maximum absolute atomic E-state index is 10.2. The molecule has 0 aliphatic heterocycles. The highest BCUT2D eigenvalue weighted by molar-refractivity contribution is 9.09. The third kappa shape index (κ3) is 2.03. The fraction of sp³-hybridized carbons (Fsp3) is 0.538. The molecule has 3 rings (SSSR count). The Morgan fingerprint density at radius 3 is 2.32 bits per heavy atom. The Labute approximate surface area is 119 Å². The summed E-state index contributed by atoms with van der Waals surface area (Å²) in [6.45, 7) is 1.31. The van der Waals surface area contributed by atoms with Crippen molar-refractivity contribution >= 4 is 15.9 Å². The maximum atomic E-state index is 10.2. The lowest BCUT2D eigenvalue weighted by Crippen LogP contribution is -2.17. The first kappa shape index (κ1) is 12.9. The monoisotopic (exact) mass is 329 g/mol. The molecule has 19 heavy (non-hydrogen) atoms. The molecule has 2 aliphatic carbocycles. The van der Waals surface area contributed by atoms with Crippen molar-refractivity contribution < 1.29 is 19.8 Å². The molecule has 0 spiro atoms. The predicted molar refractivity (Wildman–Crippen MR) is 73.1 cm³/mol. The molecule has 2 unspecified atom stereocenters. The third-order valence-electron chi connectivity index (χ3n) is 3.65. The van der Waals surface area contributed by atoms with Crippen molar-refractivity contribution in [2.45, 2.75) is 18.3 Å². The maximum Gasteiger partial charge on any atom is 0.233 e. The van der Waals surface area contributed by atoms with E-state index in [0.29, 0.717) is 13.2 Å². The summed E-state index contributed by atoms with van der Waals surface area (Å²) in [7, 11) is 0. The van der Waals surface area contributed by atoms with E-state index in [4.69, 9.17) is 9.57 Å². The third-order valence-corrected chi connectivity index (χ3v) is 3.98. The van der Waals surface area contributed by atoms with Crippen LogP contribution in [-0.4, -0.2) is 40.1 Å². The van der Waals surface area contributed by atoms with Crippen LogP contribution in [0.4, 0.5) is 0 Å². The zero-order chi connectivity index (χ0) is 13.4. The number of halogens is 1. The van der Waals surface area contributed by atoms with Gasteiger partial charge in [0, 0.05) is 28.3 Å². The van der Waals surface area contributed by atoms with Crippen LogP contribution >= 0.6 is 15.9 Å². The van der Waals surface area contributed by atoms with Gasteiger partial charge >= 0.3 is 0 Å². The molecule has 2 N–H and O–H groups in total. The number of fused-ring (bicyclic) bond motifs is 5. The Balaban J connectivity index is 1.70. The molecule has 2 aliphatic rings. The zero-order valence-electron chi connectivity index (χ0n) is 10.4. The number of nitrogens with zero attached hydrogens (tertiary/aromatic N) is 1. The summed E-state index contributed by atoms with van der Waals surface area (Å²) in [5.41, 5.74) is 1.62. The van der Waals surface area contributed by atoms with Gasteiger partial charge in [0.2, 0.25) is 11.8 Å². The lowest BCUT2D eigenvalue weighted by Gasteiger charge is -2.11. The molecule has 1 aromatic heterocycles. The second-order valence-electron chi connectivity index (χ2n) is 4.74. The molecule has 0 amide bonds. The van der Waals surface area contributed by atoms with Crippen molar-refractivity contribution in [3.63, 3.8) is 0 Å². The van der Waals surface area contributed by atoms with Crippen LogP contribution in [0.15, 0.2) is 12.2 Å². The first-order valence-electron chi connectivity index (χ1n) is 6.35. The fourth-order valence-corrected chi connectivity index (χ4v) is 3.11. The van der Waals surface area contributed by atoms with Crippen molar-refractivity contribution in [2.75, 3.05) is 25.2 Å². The van der Waals surface area contributed by atoms with E-state index in [2.05, 4.69) is 28.1 Å². The van der Waals surface area contributed by atoms with Gasteiger partial charge in [0.05, 0.1) is 13.2 Å². The average molecular weight is 330 g/mol. The second kappa shape index (κ2) is 5.09. The highest BCUT2D eigenvalue weighted by Crippen LogP contribution is 2.56. The minimum Gasteiger partial charge on any atom is -0.492 e. The van der Waals surface area contributed by atoms with Gasteiger partial charge in [0.25, 0.3) is 0 Å². The van der Waals surface area contributed by atoms with Crippen molar-refractivity contribution in [3.05, 3.63) is 23.3 Å². The van der Waals surface area contributed by atoms with Crippen LogP contribution in [0.3, 0.4) is 0 Å². The molecule has 2 atom stereocenters. The molecule has 0 radical (unpaired) electrons. The second-order valence-corrected chi connectivity index (χ2v) is 5.53. The number of ether oxygens (including phenoxy) is 1. The topological polar surface area (TPSA) is 63.9 Å². The number of aromatic hydroxyl groups is 2. The quantitative estimate of drug-likeness (QED) is 0.475. The zero-order valence-corrected chi connectivity index (χ0v) is 12.0.